The van der Waals surface area contributed by atoms with Crippen LogP contribution in [0, 0.1) is 0 Å². The Kier molecular flexibility index (Phi) is 7.17. The number of aromatic nitrogens is 5. The lowest BCUT2D eigenvalue weighted by Crippen LogP contribution is -2.41. The standard InChI is InChI=1S/C27H34N8O3S/c1-27(2,18-3-8-28-9-4-18)33-25(36)22-16-34-10-11-35(17-23(34)30-22)26-31-20-7-14-39(37)24(20)21(32-26)15-29-19-5-12-38-13-6-19/h3-4,8-9,16,19,29H,5-7,10-15,17H2,1-2H3,(H,33,36). The van der Waals surface area contributed by atoms with E-state index >= 15 is 0 Å². The minimum atomic E-state index is -1.06. The first kappa shape index (κ1) is 26.0. The van der Waals surface area contributed by atoms with Crippen LogP contribution in [0.2, 0.25) is 0 Å². The van der Waals surface area contributed by atoms with Gasteiger partial charge in [0.1, 0.15) is 11.5 Å². The fourth-order valence-electron chi connectivity index (χ4n) is 5.38. The van der Waals surface area contributed by atoms with Gasteiger partial charge in [-0.05, 0) is 44.4 Å². The number of carbonyl (C=O) groups excluding carboxylic acids is 1. The predicted molar refractivity (Wildman–Crippen MR) is 146 cm³/mol. The molecule has 3 aromatic heterocycles. The Balaban J connectivity index is 1.18. The lowest BCUT2D eigenvalue weighted by Gasteiger charge is -2.28. The average molecular weight is 551 g/mol. The largest absolute Gasteiger partial charge is 0.381 e. The fourth-order valence-corrected chi connectivity index (χ4v) is 6.76. The number of amides is 1. The quantitative estimate of drug-likeness (QED) is 0.452. The van der Waals surface area contributed by atoms with Gasteiger partial charge in [-0.3, -0.25) is 14.0 Å². The molecule has 0 aromatic carbocycles. The van der Waals surface area contributed by atoms with E-state index in [1.807, 2.05) is 36.7 Å². The normalized spacial score (nSPS) is 19.5. The highest BCUT2D eigenvalue weighted by Gasteiger charge is 2.30. The maximum Gasteiger partial charge on any atom is 0.272 e. The molecule has 12 heteroatoms. The first-order valence-corrected chi connectivity index (χ1v) is 14.8. The van der Waals surface area contributed by atoms with E-state index in [1.165, 1.54) is 0 Å². The molecule has 3 aliphatic rings. The SMILES string of the molecule is CC(C)(NC(=O)c1cn2c(n1)CN(c1nc3c(c(CNC4CCOCC4)n1)S(=O)CC3)CC2)c1ccncc1. The Morgan fingerprint density at radius 1 is 1.15 bits per heavy atom. The molecule has 1 amide bonds. The number of nitrogens with one attached hydrogen (secondary N) is 2. The Morgan fingerprint density at radius 3 is 2.74 bits per heavy atom. The van der Waals surface area contributed by atoms with Crippen LogP contribution in [0.3, 0.4) is 0 Å². The summed E-state index contributed by atoms with van der Waals surface area (Å²) < 4.78 is 20.3. The molecule has 1 saturated heterocycles. The number of rotatable bonds is 7. The minimum absolute atomic E-state index is 0.219. The zero-order valence-corrected chi connectivity index (χ0v) is 23.2. The molecule has 0 bridgehead atoms. The van der Waals surface area contributed by atoms with Crippen molar-refractivity contribution >= 4 is 22.7 Å². The molecule has 39 heavy (non-hydrogen) atoms. The lowest BCUT2D eigenvalue weighted by molar-refractivity contribution is 0.0774. The summed E-state index contributed by atoms with van der Waals surface area (Å²) in [6.45, 7) is 7.88. The van der Waals surface area contributed by atoms with E-state index < -0.39 is 16.3 Å². The second-order valence-corrected chi connectivity index (χ2v) is 12.3. The molecule has 1 unspecified atom stereocenters. The van der Waals surface area contributed by atoms with E-state index in [9.17, 15) is 9.00 Å². The van der Waals surface area contributed by atoms with Crippen LogP contribution < -0.4 is 15.5 Å². The molecule has 11 nitrogen and oxygen atoms in total. The van der Waals surface area contributed by atoms with Gasteiger partial charge in [0.25, 0.3) is 5.91 Å². The van der Waals surface area contributed by atoms with E-state index in [1.54, 1.807) is 12.4 Å². The monoisotopic (exact) mass is 550 g/mol. The molecular weight excluding hydrogens is 516 g/mol. The first-order valence-electron chi connectivity index (χ1n) is 13.5. The molecule has 2 N–H and O–H groups in total. The van der Waals surface area contributed by atoms with Crippen LogP contribution in [0.1, 0.15) is 60.0 Å². The number of carbonyl (C=O) groups is 1. The maximum absolute atomic E-state index is 13.1. The van der Waals surface area contributed by atoms with Crippen LogP contribution in [0.5, 0.6) is 0 Å². The average Bonchev–Trinajstić information content (AvgIpc) is 3.56. The van der Waals surface area contributed by atoms with Gasteiger partial charge in [-0.1, -0.05) is 0 Å². The topological polar surface area (TPSA) is 127 Å². The first-order chi connectivity index (χ1) is 18.9. The van der Waals surface area contributed by atoms with Crippen molar-refractivity contribution in [3.05, 3.63) is 59.2 Å². The molecule has 0 spiro atoms. The molecular formula is C27H34N8O3S. The van der Waals surface area contributed by atoms with Crippen LogP contribution in [0.4, 0.5) is 5.95 Å². The van der Waals surface area contributed by atoms with E-state index in [2.05, 4.69) is 25.5 Å². The van der Waals surface area contributed by atoms with Crippen molar-refractivity contribution in [2.45, 2.75) is 69.2 Å². The number of ether oxygens (including phenoxy) is 1. The predicted octanol–water partition coefficient (Wildman–Crippen LogP) is 1.69. The molecule has 3 aliphatic heterocycles. The summed E-state index contributed by atoms with van der Waals surface area (Å²) in [6, 6.07) is 4.17. The zero-order valence-electron chi connectivity index (χ0n) is 22.4. The van der Waals surface area contributed by atoms with Crippen molar-refractivity contribution in [1.82, 2.24) is 35.1 Å². The van der Waals surface area contributed by atoms with Crippen molar-refractivity contribution in [2.24, 2.45) is 0 Å². The number of hydrogen-bond donors (Lipinski definition) is 2. The molecule has 206 valence electrons. The number of anilines is 1. The third kappa shape index (κ3) is 5.45. The molecule has 1 atom stereocenters. The number of hydrogen-bond acceptors (Lipinski definition) is 9. The van der Waals surface area contributed by atoms with Gasteiger partial charge in [-0.25, -0.2) is 15.0 Å². The van der Waals surface area contributed by atoms with Crippen LogP contribution in [-0.4, -0.2) is 66.2 Å². The highest BCUT2D eigenvalue weighted by Crippen LogP contribution is 2.28. The van der Waals surface area contributed by atoms with Gasteiger partial charge in [-0.15, -0.1) is 0 Å². The molecule has 0 aliphatic carbocycles. The van der Waals surface area contributed by atoms with Crippen molar-refractivity contribution < 1.29 is 13.7 Å². The van der Waals surface area contributed by atoms with Crippen LogP contribution in [0.25, 0.3) is 0 Å². The number of aryl methyl sites for hydroxylation is 1. The third-order valence-electron chi connectivity index (χ3n) is 7.67. The van der Waals surface area contributed by atoms with Crippen LogP contribution in [-0.2, 0) is 47.1 Å². The van der Waals surface area contributed by atoms with Crippen molar-refractivity contribution in [2.75, 3.05) is 30.4 Å². The Labute approximate surface area is 230 Å². The third-order valence-corrected chi connectivity index (χ3v) is 9.17. The van der Waals surface area contributed by atoms with Crippen LogP contribution >= 0.6 is 0 Å². The van der Waals surface area contributed by atoms with Gasteiger partial charge in [0.2, 0.25) is 5.95 Å². The van der Waals surface area contributed by atoms with Crippen molar-refractivity contribution in [3.8, 4) is 0 Å². The summed E-state index contributed by atoms with van der Waals surface area (Å²) in [6.07, 6.45) is 7.89. The Morgan fingerprint density at radius 2 is 1.95 bits per heavy atom. The second-order valence-electron chi connectivity index (χ2n) is 10.8. The van der Waals surface area contributed by atoms with Gasteiger partial charge < -0.3 is 24.8 Å². The lowest BCUT2D eigenvalue weighted by atomic mass is 9.95. The highest BCUT2D eigenvalue weighted by molar-refractivity contribution is 7.85. The van der Waals surface area contributed by atoms with Crippen molar-refractivity contribution in [3.63, 3.8) is 0 Å². The van der Waals surface area contributed by atoms with Crippen molar-refractivity contribution in [1.29, 1.82) is 0 Å². The summed E-state index contributed by atoms with van der Waals surface area (Å²) in [5.41, 5.74) is 2.50. The number of fused-ring (bicyclic) bond motifs is 2. The second kappa shape index (κ2) is 10.7. The van der Waals surface area contributed by atoms with Gasteiger partial charge in [0.05, 0.1) is 39.2 Å². The van der Waals surface area contributed by atoms with E-state index in [-0.39, 0.29) is 5.91 Å². The summed E-state index contributed by atoms with van der Waals surface area (Å²) in [4.78, 5) is 34.5. The zero-order chi connectivity index (χ0) is 27.0. The molecule has 1 fully saturated rings. The van der Waals surface area contributed by atoms with Gasteiger partial charge in [0.15, 0.2) is 0 Å². The fraction of sp³-hybridized carbons (Fsp3) is 0.519. The Bertz CT molecular complexity index is 1390. The van der Waals surface area contributed by atoms with E-state index in [4.69, 9.17) is 14.7 Å². The van der Waals surface area contributed by atoms with Gasteiger partial charge >= 0.3 is 0 Å². The number of pyridine rings is 1. The Hall–Kier alpha value is -3.22. The molecule has 0 radical (unpaired) electrons. The summed E-state index contributed by atoms with van der Waals surface area (Å²) in [5.74, 6) is 1.80. The molecule has 3 aromatic rings. The van der Waals surface area contributed by atoms with E-state index in [0.717, 1.165) is 53.7 Å². The minimum Gasteiger partial charge on any atom is -0.381 e. The smallest absolute Gasteiger partial charge is 0.272 e. The van der Waals surface area contributed by atoms with Gasteiger partial charge in [-0.2, -0.15) is 0 Å². The number of imidazole rings is 1. The number of nitrogens with zero attached hydrogens (tertiary/aromatic N) is 6. The van der Waals surface area contributed by atoms with Gasteiger partial charge in [0, 0.05) is 69.7 Å². The maximum atomic E-state index is 13.1. The van der Waals surface area contributed by atoms with E-state index in [0.29, 0.717) is 56.0 Å². The molecule has 0 saturated carbocycles. The summed E-state index contributed by atoms with van der Waals surface area (Å²) in [5, 5.41) is 6.69. The highest BCUT2D eigenvalue weighted by atomic mass is 32.2. The molecule has 6 rings (SSSR count). The van der Waals surface area contributed by atoms with Crippen LogP contribution in [0.15, 0.2) is 35.6 Å². The summed E-state index contributed by atoms with van der Waals surface area (Å²) >= 11 is 0. The molecule has 6 heterocycles. The summed E-state index contributed by atoms with van der Waals surface area (Å²) in [7, 11) is -1.06.